The summed E-state index contributed by atoms with van der Waals surface area (Å²) in [4.78, 5) is 15.0. The third kappa shape index (κ3) is 2.98. The van der Waals surface area contributed by atoms with Crippen molar-refractivity contribution in [2.24, 2.45) is 5.92 Å². The fourth-order valence-corrected chi connectivity index (χ4v) is 1.22. The molecule has 0 aromatic carbocycles. The molecule has 2 nitrogen and oxygen atoms in total. The maximum absolute atomic E-state index is 10.9. The zero-order chi connectivity index (χ0) is 9.84. The summed E-state index contributed by atoms with van der Waals surface area (Å²) >= 11 is 0. The van der Waals surface area contributed by atoms with E-state index in [1.807, 2.05) is 6.07 Å². The molecular weight excluding hydrogens is 162 g/mol. The van der Waals surface area contributed by atoms with Gasteiger partial charge in [0.15, 0.2) is 5.78 Å². The summed E-state index contributed by atoms with van der Waals surface area (Å²) in [6.07, 6.45) is 2.81. The lowest BCUT2D eigenvalue weighted by molar-refractivity contribution is 0.101. The highest BCUT2D eigenvalue weighted by Crippen LogP contribution is 2.07. The number of Topliss-reactive ketones (excluding diaryl/α,β-unsaturated/α-hetero) is 1. The second-order valence-corrected chi connectivity index (χ2v) is 3.71. The smallest absolute Gasteiger partial charge is 0.178 e. The van der Waals surface area contributed by atoms with Crippen LogP contribution < -0.4 is 0 Å². The highest BCUT2D eigenvalue weighted by atomic mass is 16.1. The first-order chi connectivity index (χ1) is 6.09. The van der Waals surface area contributed by atoms with E-state index in [0.717, 1.165) is 6.42 Å². The van der Waals surface area contributed by atoms with E-state index in [2.05, 4.69) is 18.8 Å². The third-order valence-corrected chi connectivity index (χ3v) is 1.83. The van der Waals surface area contributed by atoms with Crippen LogP contribution in [0.15, 0.2) is 18.3 Å². The van der Waals surface area contributed by atoms with Crippen LogP contribution in [0.25, 0.3) is 0 Å². The van der Waals surface area contributed by atoms with Gasteiger partial charge in [-0.1, -0.05) is 19.9 Å². The quantitative estimate of drug-likeness (QED) is 0.664. The molecule has 1 rings (SSSR count). The van der Waals surface area contributed by atoms with Crippen LogP contribution in [0.5, 0.6) is 0 Å². The normalized spacial score (nSPS) is 10.5. The molecule has 1 aromatic rings. The average Bonchev–Trinajstić information content (AvgIpc) is 2.04. The molecule has 70 valence electrons. The number of ketones is 1. The molecule has 0 aliphatic carbocycles. The summed E-state index contributed by atoms with van der Waals surface area (Å²) in [5.74, 6) is 0.654. The van der Waals surface area contributed by atoms with Gasteiger partial charge >= 0.3 is 0 Å². The maximum Gasteiger partial charge on any atom is 0.178 e. The Labute approximate surface area is 79.0 Å². The van der Waals surface area contributed by atoms with E-state index in [-0.39, 0.29) is 5.78 Å². The Morgan fingerprint density at radius 2 is 2.15 bits per heavy atom. The Morgan fingerprint density at radius 1 is 1.46 bits per heavy atom. The highest BCUT2D eigenvalue weighted by Gasteiger charge is 2.01. The van der Waals surface area contributed by atoms with Crippen molar-refractivity contribution in [3.63, 3.8) is 0 Å². The molecule has 0 atom stereocenters. The molecule has 13 heavy (non-hydrogen) atoms. The van der Waals surface area contributed by atoms with Crippen molar-refractivity contribution in [3.05, 3.63) is 29.6 Å². The van der Waals surface area contributed by atoms with Gasteiger partial charge in [0.25, 0.3) is 0 Å². The largest absolute Gasteiger partial charge is 0.293 e. The third-order valence-electron chi connectivity index (χ3n) is 1.83. The van der Waals surface area contributed by atoms with Crippen LogP contribution in [0.3, 0.4) is 0 Å². The van der Waals surface area contributed by atoms with E-state index in [1.54, 1.807) is 12.3 Å². The Morgan fingerprint density at radius 3 is 2.54 bits per heavy atom. The van der Waals surface area contributed by atoms with E-state index in [0.29, 0.717) is 11.6 Å². The summed E-state index contributed by atoms with van der Waals surface area (Å²) in [5.41, 5.74) is 1.74. The van der Waals surface area contributed by atoms with Gasteiger partial charge in [-0.25, -0.2) is 0 Å². The number of carbonyl (C=O) groups excluding carboxylic acids is 1. The first-order valence-corrected chi connectivity index (χ1v) is 4.55. The molecule has 0 saturated heterocycles. The summed E-state index contributed by atoms with van der Waals surface area (Å²) < 4.78 is 0. The van der Waals surface area contributed by atoms with Crippen molar-refractivity contribution >= 4 is 5.78 Å². The van der Waals surface area contributed by atoms with Crippen molar-refractivity contribution < 1.29 is 4.79 Å². The second kappa shape index (κ2) is 4.17. The van der Waals surface area contributed by atoms with Crippen molar-refractivity contribution in [1.82, 2.24) is 4.98 Å². The number of rotatable bonds is 3. The van der Waals surface area contributed by atoms with Crippen LogP contribution >= 0.6 is 0 Å². The fraction of sp³-hybridized carbons (Fsp3) is 0.455. The van der Waals surface area contributed by atoms with Gasteiger partial charge in [0.05, 0.1) is 0 Å². The van der Waals surface area contributed by atoms with E-state index in [1.165, 1.54) is 12.5 Å². The molecule has 1 aromatic heterocycles. The molecule has 0 spiro atoms. The highest BCUT2D eigenvalue weighted by molar-refractivity contribution is 5.91. The molecule has 1 heterocycles. The van der Waals surface area contributed by atoms with E-state index >= 15 is 0 Å². The van der Waals surface area contributed by atoms with E-state index in [9.17, 15) is 4.79 Å². The number of hydrogen-bond donors (Lipinski definition) is 0. The predicted molar refractivity (Wildman–Crippen MR) is 52.8 cm³/mol. The van der Waals surface area contributed by atoms with Gasteiger partial charge < -0.3 is 0 Å². The van der Waals surface area contributed by atoms with Gasteiger partial charge in [-0.05, 0) is 24.0 Å². The monoisotopic (exact) mass is 177 g/mol. The summed E-state index contributed by atoms with van der Waals surface area (Å²) in [5, 5.41) is 0. The zero-order valence-corrected chi connectivity index (χ0v) is 8.37. The van der Waals surface area contributed by atoms with Gasteiger partial charge in [0, 0.05) is 13.1 Å². The topological polar surface area (TPSA) is 30.0 Å². The molecule has 0 saturated carbocycles. The first-order valence-electron chi connectivity index (χ1n) is 4.55. The van der Waals surface area contributed by atoms with Gasteiger partial charge in [0.1, 0.15) is 5.69 Å². The van der Waals surface area contributed by atoms with Gasteiger partial charge in [0.2, 0.25) is 0 Å². The van der Waals surface area contributed by atoms with Crippen LogP contribution in [0.1, 0.15) is 36.8 Å². The number of hydrogen-bond acceptors (Lipinski definition) is 2. The Kier molecular flexibility index (Phi) is 3.18. The van der Waals surface area contributed by atoms with Crippen LogP contribution in [-0.4, -0.2) is 10.8 Å². The molecule has 0 N–H and O–H groups in total. The number of aromatic nitrogens is 1. The lowest BCUT2D eigenvalue weighted by Gasteiger charge is -2.04. The molecule has 0 bridgehead atoms. The number of carbonyl (C=O) groups is 1. The Hall–Kier alpha value is -1.18. The summed E-state index contributed by atoms with van der Waals surface area (Å²) in [6.45, 7) is 5.86. The van der Waals surface area contributed by atoms with Crippen LogP contribution in [0.4, 0.5) is 0 Å². The van der Waals surface area contributed by atoms with Gasteiger partial charge in [-0.2, -0.15) is 0 Å². The molecule has 0 radical (unpaired) electrons. The molecule has 0 fully saturated rings. The van der Waals surface area contributed by atoms with Crippen LogP contribution in [0.2, 0.25) is 0 Å². The van der Waals surface area contributed by atoms with Crippen molar-refractivity contribution in [2.45, 2.75) is 27.2 Å². The average molecular weight is 177 g/mol. The lowest BCUT2D eigenvalue weighted by Crippen LogP contribution is -1.99. The zero-order valence-electron chi connectivity index (χ0n) is 8.37. The van der Waals surface area contributed by atoms with Crippen LogP contribution in [-0.2, 0) is 6.42 Å². The van der Waals surface area contributed by atoms with Gasteiger partial charge in [-0.15, -0.1) is 0 Å². The van der Waals surface area contributed by atoms with Gasteiger partial charge in [-0.3, -0.25) is 9.78 Å². The summed E-state index contributed by atoms with van der Waals surface area (Å²) in [7, 11) is 0. The maximum atomic E-state index is 10.9. The molecule has 0 amide bonds. The van der Waals surface area contributed by atoms with Crippen molar-refractivity contribution in [3.8, 4) is 0 Å². The minimum atomic E-state index is 0.0242. The SMILES string of the molecule is CC(=O)c1ccc(CC(C)C)cn1. The Bertz CT molecular complexity index is 287. The molecule has 2 heteroatoms. The fourth-order valence-electron chi connectivity index (χ4n) is 1.22. The summed E-state index contributed by atoms with van der Waals surface area (Å²) in [6, 6.07) is 3.77. The van der Waals surface area contributed by atoms with Crippen molar-refractivity contribution in [1.29, 1.82) is 0 Å². The first kappa shape index (κ1) is 9.90. The molecule has 0 aliphatic rings. The standard InChI is InChI=1S/C11H15NO/c1-8(2)6-10-4-5-11(9(3)13)12-7-10/h4-5,7-8H,6H2,1-3H3. The Balaban J connectivity index is 2.75. The lowest BCUT2D eigenvalue weighted by atomic mass is 10.0. The second-order valence-electron chi connectivity index (χ2n) is 3.71. The van der Waals surface area contributed by atoms with Crippen LogP contribution in [0, 0.1) is 5.92 Å². The molecule has 0 aliphatic heterocycles. The van der Waals surface area contributed by atoms with E-state index in [4.69, 9.17) is 0 Å². The van der Waals surface area contributed by atoms with E-state index < -0.39 is 0 Å². The minimum Gasteiger partial charge on any atom is -0.293 e. The molecular formula is C11H15NO. The predicted octanol–water partition coefficient (Wildman–Crippen LogP) is 2.48. The minimum absolute atomic E-state index is 0.0242. The number of nitrogens with zero attached hydrogens (tertiary/aromatic N) is 1. The number of pyridine rings is 1. The molecule has 0 unspecified atom stereocenters. The van der Waals surface area contributed by atoms with Crippen molar-refractivity contribution in [2.75, 3.05) is 0 Å².